The van der Waals surface area contributed by atoms with Crippen molar-refractivity contribution in [3.05, 3.63) is 29.6 Å². The Morgan fingerprint density at radius 1 is 0.971 bits per heavy atom. The molecule has 3 amide bonds. The van der Waals surface area contributed by atoms with Gasteiger partial charge in [0.25, 0.3) is 0 Å². The molecule has 0 aromatic heterocycles. The van der Waals surface area contributed by atoms with Gasteiger partial charge >= 0.3 is 6.03 Å². The van der Waals surface area contributed by atoms with Crippen LogP contribution in [0.25, 0.3) is 0 Å². The van der Waals surface area contributed by atoms with Crippen molar-refractivity contribution in [2.24, 2.45) is 11.8 Å². The molecule has 3 fully saturated rings. The molecule has 0 bridgehead atoms. The lowest BCUT2D eigenvalue weighted by Gasteiger charge is -2.36. The number of carbonyl (C=O) groups is 2. The molecule has 2 aliphatic heterocycles. The number of halogens is 1. The van der Waals surface area contributed by atoms with E-state index in [0.717, 1.165) is 51.4 Å². The van der Waals surface area contributed by atoms with Gasteiger partial charge in [-0.05, 0) is 74.0 Å². The first-order valence-corrected chi connectivity index (χ1v) is 13.2. The van der Waals surface area contributed by atoms with Gasteiger partial charge in [0.2, 0.25) is 5.91 Å². The summed E-state index contributed by atoms with van der Waals surface area (Å²) in [6, 6.07) is 4.15. The fraction of sp³-hybridized carbons (Fsp3) is 0.704. The summed E-state index contributed by atoms with van der Waals surface area (Å²) in [5, 5.41) is 5.91. The smallest absolute Gasteiger partial charge is 0.318 e. The molecular weight excluding hydrogens is 449 g/mol. The van der Waals surface area contributed by atoms with Crippen molar-refractivity contribution in [3.63, 3.8) is 0 Å². The molecule has 194 valence electrons. The number of hydrogen-bond acceptors (Lipinski definition) is 4. The van der Waals surface area contributed by atoms with Gasteiger partial charge in [-0.1, -0.05) is 25.8 Å². The fourth-order valence-corrected chi connectivity index (χ4v) is 5.65. The lowest BCUT2D eigenvalue weighted by molar-refractivity contribution is -0.119. The number of nitrogens with one attached hydrogen (secondary N) is 2. The van der Waals surface area contributed by atoms with Gasteiger partial charge in [0.15, 0.2) is 0 Å². The number of rotatable bonds is 6. The minimum absolute atomic E-state index is 0.0598. The van der Waals surface area contributed by atoms with Gasteiger partial charge in [-0.15, -0.1) is 0 Å². The third-order valence-electron chi connectivity index (χ3n) is 8.08. The van der Waals surface area contributed by atoms with Crippen LogP contribution >= 0.6 is 0 Å². The van der Waals surface area contributed by atoms with Gasteiger partial charge < -0.3 is 25.0 Å². The fourth-order valence-electron chi connectivity index (χ4n) is 5.65. The second kappa shape index (κ2) is 12.2. The quantitative estimate of drug-likeness (QED) is 0.609. The number of carbonyl (C=O) groups excluding carboxylic acids is 2. The Labute approximate surface area is 208 Å². The minimum atomic E-state index is -0.657. The van der Waals surface area contributed by atoms with E-state index in [2.05, 4.69) is 17.6 Å². The number of urea groups is 1. The van der Waals surface area contributed by atoms with Crippen LogP contribution in [-0.4, -0.2) is 62.4 Å². The highest BCUT2D eigenvalue weighted by Crippen LogP contribution is 2.32. The summed E-state index contributed by atoms with van der Waals surface area (Å²) in [7, 11) is 1.79. The number of amides is 3. The Morgan fingerprint density at radius 3 is 2.23 bits per heavy atom. The predicted octanol–water partition coefficient (Wildman–Crippen LogP) is 4.67. The molecule has 1 aromatic carbocycles. The van der Waals surface area contributed by atoms with Crippen molar-refractivity contribution in [1.82, 2.24) is 10.2 Å². The summed E-state index contributed by atoms with van der Waals surface area (Å²) in [5.41, 5.74) is 1.10. The molecule has 2 heterocycles. The van der Waals surface area contributed by atoms with Gasteiger partial charge in [0.05, 0.1) is 0 Å². The van der Waals surface area contributed by atoms with Crippen LogP contribution in [0.3, 0.4) is 0 Å². The molecule has 35 heavy (non-hydrogen) atoms. The average Bonchev–Trinajstić information content (AvgIpc) is 2.88. The molecule has 3 aliphatic rings. The van der Waals surface area contributed by atoms with E-state index < -0.39 is 6.04 Å². The zero-order valence-electron chi connectivity index (χ0n) is 21.1. The lowest BCUT2D eigenvalue weighted by Crippen LogP contribution is -2.54. The van der Waals surface area contributed by atoms with Crippen LogP contribution in [0.4, 0.5) is 14.9 Å². The Morgan fingerprint density at radius 2 is 1.60 bits per heavy atom. The zero-order valence-corrected chi connectivity index (χ0v) is 21.1. The topological polar surface area (TPSA) is 79.9 Å². The molecular formula is C27H40FN3O4. The summed E-state index contributed by atoms with van der Waals surface area (Å²) < 4.78 is 25.7. The summed E-state index contributed by atoms with van der Waals surface area (Å²) in [6.07, 6.45) is 7.04. The number of anilines is 1. The standard InChI is InChI=1S/C27H40FN3O4/c1-18-3-5-20(6-4-18)25(30-27(33)31(2)22-11-15-35-16-12-22)26(32)29-21-7-8-23(24(28)17-21)19-9-13-34-14-10-19/h7-8,17-20,22,25H,3-6,9-16H2,1-2H3,(H,29,32)(H,30,33). The molecule has 0 radical (unpaired) electrons. The van der Waals surface area contributed by atoms with Gasteiger partial charge in [0.1, 0.15) is 11.9 Å². The molecule has 1 atom stereocenters. The number of hydrogen-bond donors (Lipinski definition) is 2. The SMILES string of the molecule is CC1CCC(C(NC(=O)N(C)C2CCOCC2)C(=O)Nc2ccc(C3CCOCC3)c(F)c2)CC1. The second-order valence-corrected chi connectivity index (χ2v) is 10.5. The Hall–Kier alpha value is -2.19. The molecule has 2 saturated heterocycles. The van der Waals surface area contributed by atoms with Gasteiger partial charge in [-0.2, -0.15) is 0 Å². The van der Waals surface area contributed by atoms with Crippen LogP contribution < -0.4 is 10.6 Å². The van der Waals surface area contributed by atoms with E-state index in [-0.39, 0.29) is 35.6 Å². The molecule has 0 spiro atoms. The molecule has 4 rings (SSSR count). The molecule has 1 aliphatic carbocycles. The molecule has 2 N–H and O–H groups in total. The van der Waals surface area contributed by atoms with E-state index in [1.807, 2.05) is 0 Å². The number of ether oxygens (including phenoxy) is 2. The molecule has 1 saturated carbocycles. The van der Waals surface area contributed by atoms with Crippen LogP contribution in [0.1, 0.15) is 69.8 Å². The van der Waals surface area contributed by atoms with Crippen LogP contribution in [0, 0.1) is 17.7 Å². The van der Waals surface area contributed by atoms with Crippen molar-refractivity contribution in [2.45, 2.75) is 76.3 Å². The first-order valence-electron chi connectivity index (χ1n) is 13.2. The number of nitrogens with zero attached hydrogens (tertiary/aromatic N) is 1. The lowest BCUT2D eigenvalue weighted by atomic mass is 9.79. The van der Waals surface area contributed by atoms with Crippen LogP contribution in [0.2, 0.25) is 0 Å². The van der Waals surface area contributed by atoms with E-state index >= 15 is 0 Å². The first kappa shape index (κ1) is 25.9. The van der Waals surface area contributed by atoms with Gasteiger partial charge in [0, 0.05) is 45.2 Å². The van der Waals surface area contributed by atoms with Crippen LogP contribution in [0.5, 0.6) is 0 Å². The van der Waals surface area contributed by atoms with E-state index in [9.17, 15) is 14.0 Å². The minimum Gasteiger partial charge on any atom is -0.381 e. The number of benzene rings is 1. The summed E-state index contributed by atoms with van der Waals surface area (Å²) in [5.74, 6) is 0.245. The summed E-state index contributed by atoms with van der Waals surface area (Å²) >= 11 is 0. The molecule has 1 unspecified atom stereocenters. The Bertz CT molecular complexity index is 862. The highest BCUT2D eigenvalue weighted by Gasteiger charge is 2.34. The zero-order chi connectivity index (χ0) is 24.8. The summed E-state index contributed by atoms with van der Waals surface area (Å²) in [4.78, 5) is 28.2. The largest absolute Gasteiger partial charge is 0.381 e. The molecule has 8 heteroatoms. The molecule has 7 nitrogen and oxygen atoms in total. The van der Waals surface area contributed by atoms with Crippen LogP contribution in [0.15, 0.2) is 18.2 Å². The van der Waals surface area contributed by atoms with Crippen molar-refractivity contribution >= 4 is 17.6 Å². The summed E-state index contributed by atoms with van der Waals surface area (Å²) in [6.45, 7) is 4.80. The predicted molar refractivity (Wildman–Crippen MR) is 133 cm³/mol. The van der Waals surface area contributed by atoms with Crippen molar-refractivity contribution in [3.8, 4) is 0 Å². The highest BCUT2D eigenvalue weighted by atomic mass is 19.1. The maximum Gasteiger partial charge on any atom is 0.318 e. The van der Waals surface area contributed by atoms with Gasteiger partial charge in [-0.25, -0.2) is 9.18 Å². The van der Waals surface area contributed by atoms with E-state index in [0.29, 0.717) is 43.6 Å². The van der Waals surface area contributed by atoms with E-state index in [1.165, 1.54) is 6.07 Å². The Balaban J connectivity index is 1.44. The maximum atomic E-state index is 14.9. The molecule has 1 aromatic rings. The van der Waals surface area contributed by atoms with Gasteiger partial charge in [-0.3, -0.25) is 4.79 Å². The average molecular weight is 490 g/mol. The van der Waals surface area contributed by atoms with Crippen molar-refractivity contribution < 1.29 is 23.5 Å². The van der Waals surface area contributed by atoms with E-state index in [4.69, 9.17) is 9.47 Å². The monoisotopic (exact) mass is 489 g/mol. The van der Waals surface area contributed by atoms with Crippen LogP contribution in [-0.2, 0) is 14.3 Å². The third-order valence-corrected chi connectivity index (χ3v) is 8.08. The normalized spacial score (nSPS) is 25.0. The third kappa shape index (κ3) is 6.73. The first-order chi connectivity index (χ1) is 16.9. The Kier molecular flexibility index (Phi) is 9.00. The van der Waals surface area contributed by atoms with E-state index in [1.54, 1.807) is 24.1 Å². The highest BCUT2D eigenvalue weighted by molar-refractivity contribution is 5.97. The maximum absolute atomic E-state index is 14.9. The van der Waals surface area contributed by atoms with Crippen molar-refractivity contribution in [1.29, 1.82) is 0 Å². The second-order valence-electron chi connectivity index (χ2n) is 10.5. The van der Waals surface area contributed by atoms with Crippen molar-refractivity contribution in [2.75, 3.05) is 38.8 Å².